The minimum absolute atomic E-state index is 0.799. The van der Waals surface area contributed by atoms with Gasteiger partial charge in [0.1, 0.15) is 10.3 Å². The third-order valence-corrected chi connectivity index (χ3v) is 4.25. The first-order valence-corrected chi connectivity index (χ1v) is 6.57. The second-order valence-electron chi connectivity index (χ2n) is 2.91. The summed E-state index contributed by atoms with van der Waals surface area (Å²) in [6.45, 7) is 0. The predicted octanol–water partition coefficient (Wildman–Crippen LogP) is 3.58. The van der Waals surface area contributed by atoms with E-state index < -0.39 is 0 Å². The van der Waals surface area contributed by atoms with Crippen LogP contribution in [0.15, 0.2) is 28.3 Å². The third kappa shape index (κ3) is 1.49. The summed E-state index contributed by atoms with van der Waals surface area (Å²) >= 11 is 6.23. The monoisotopic (exact) mass is 297 g/mol. The molecule has 0 radical (unpaired) electrons. The van der Waals surface area contributed by atoms with Gasteiger partial charge < -0.3 is 0 Å². The summed E-state index contributed by atoms with van der Waals surface area (Å²) in [4.78, 5) is 4.28. The molecule has 74 valence electrons. The van der Waals surface area contributed by atoms with Gasteiger partial charge in [-0.1, -0.05) is 12.1 Å². The van der Waals surface area contributed by atoms with Crippen molar-refractivity contribution in [2.75, 3.05) is 0 Å². The van der Waals surface area contributed by atoms with Crippen LogP contribution in [-0.4, -0.2) is 13.7 Å². The summed E-state index contributed by atoms with van der Waals surface area (Å²) in [6.07, 6.45) is 0. The molecule has 6 heteroatoms. The molecule has 2 aromatic heterocycles. The summed E-state index contributed by atoms with van der Waals surface area (Å²) in [5.74, 6) is 0. The van der Waals surface area contributed by atoms with Crippen molar-refractivity contribution in [3.8, 4) is 11.3 Å². The molecule has 0 spiro atoms. The van der Waals surface area contributed by atoms with E-state index in [9.17, 15) is 0 Å². The number of halogens is 1. The highest BCUT2D eigenvalue weighted by atomic mass is 79.9. The molecule has 0 atom stereocenters. The summed E-state index contributed by atoms with van der Waals surface area (Å²) in [5.41, 5.74) is 4.85. The molecule has 0 aliphatic rings. The molecule has 2 heterocycles. The van der Waals surface area contributed by atoms with Gasteiger partial charge in [0.25, 0.3) is 0 Å². The van der Waals surface area contributed by atoms with E-state index in [1.54, 1.807) is 11.3 Å². The van der Waals surface area contributed by atoms with Crippen LogP contribution >= 0.6 is 39.0 Å². The van der Waals surface area contributed by atoms with E-state index in [4.69, 9.17) is 0 Å². The number of nitrogens with zero attached hydrogens (tertiary/aromatic N) is 3. The molecule has 0 N–H and O–H groups in total. The molecule has 0 bridgehead atoms. The predicted molar refractivity (Wildman–Crippen MR) is 66.2 cm³/mol. The number of aromatic nitrogens is 3. The van der Waals surface area contributed by atoms with Crippen molar-refractivity contribution in [3.63, 3.8) is 0 Å². The number of thiazole rings is 1. The zero-order chi connectivity index (χ0) is 10.3. The number of rotatable bonds is 1. The summed E-state index contributed by atoms with van der Waals surface area (Å²) < 4.78 is 10.4. The third-order valence-electron chi connectivity index (χ3n) is 2.06. The Morgan fingerprint density at radius 3 is 2.93 bits per heavy atom. The van der Waals surface area contributed by atoms with Crippen LogP contribution < -0.4 is 0 Å². The topological polar surface area (TPSA) is 38.7 Å². The Morgan fingerprint density at radius 1 is 1.20 bits per heavy atom. The Balaban J connectivity index is 2.36. The van der Waals surface area contributed by atoms with Crippen molar-refractivity contribution in [2.24, 2.45) is 0 Å². The first-order chi connectivity index (χ1) is 7.36. The van der Waals surface area contributed by atoms with Crippen LogP contribution in [0.4, 0.5) is 0 Å². The highest BCUT2D eigenvalue weighted by Gasteiger charge is 2.12. The molecule has 15 heavy (non-hydrogen) atoms. The average Bonchev–Trinajstić information content (AvgIpc) is 2.85. The van der Waals surface area contributed by atoms with Gasteiger partial charge in [-0.15, -0.1) is 11.3 Å². The lowest BCUT2D eigenvalue weighted by atomic mass is 10.1. The van der Waals surface area contributed by atoms with E-state index in [1.165, 1.54) is 11.7 Å². The van der Waals surface area contributed by atoms with Crippen molar-refractivity contribution < 1.29 is 0 Å². The molecule has 0 saturated carbocycles. The van der Waals surface area contributed by atoms with Gasteiger partial charge in [0.15, 0.2) is 0 Å². The summed E-state index contributed by atoms with van der Waals surface area (Å²) in [7, 11) is 0. The van der Waals surface area contributed by atoms with Gasteiger partial charge in [0.05, 0.1) is 27.5 Å². The first kappa shape index (κ1) is 9.38. The van der Waals surface area contributed by atoms with Gasteiger partial charge in [0.2, 0.25) is 0 Å². The maximum atomic E-state index is 4.28. The van der Waals surface area contributed by atoms with Crippen LogP contribution in [0.2, 0.25) is 0 Å². The van der Waals surface area contributed by atoms with Gasteiger partial charge in [-0.05, 0) is 22.0 Å². The van der Waals surface area contributed by atoms with Crippen molar-refractivity contribution in [3.05, 3.63) is 28.3 Å². The number of benzene rings is 1. The zero-order valence-electron chi connectivity index (χ0n) is 7.35. The highest BCUT2D eigenvalue weighted by molar-refractivity contribution is 9.10. The molecule has 0 fully saturated rings. The molecule has 0 unspecified atom stereocenters. The summed E-state index contributed by atoms with van der Waals surface area (Å²) in [6, 6.07) is 6.04. The molecule has 1 aromatic carbocycles. The van der Waals surface area contributed by atoms with Crippen LogP contribution in [0, 0.1) is 0 Å². The van der Waals surface area contributed by atoms with E-state index in [0.717, 1.165) is 26.1 Å². The minimum Gasteiger partial charge on any atom is -0.245 e. The van der Waals surface area contributed by atoms with Gasteiger partial charge in [-0.25, -0.2) is 4.98 Å². The Labute approximate surface area is 102 Å². The number of fused-ring (bicyclic) bond motifs is 1. The molecule has 3 nitrogen and oxygen atoms in total. The molecule has 0 saturated heterocycles. The molecular formula is C9H4BrN3S2. The number of hydrogen-bond donors (Lipinski definition) is 0. The summed E-state index contributed by atoms with van der Waals surface area (Å²) in [5, 5.41) is 0. The quantitative estimate of drug-likeness (QED) is 0.689. The molecule has 3 aromatic rings. The van der Waals surface area contributed by atoms with E-state index in [0.29, 0.717) is 0 Å². The molecule has 0 aliphatic heterocycles. The lowest BCUT2D eigenvalue weighted by molar-refractivity contribution is 1.45. The maximum Gasteiger partial charge on any atom is 0.148 e. The number of hydrogen-bond acceptors (Lipinski definition) is 5. The fraction of sp³-hybridized carbons (Fsp3) is 0. The van der Waals surface area contributed by atoms with E-state index in [1.807, 2.05) is 23.7 Å². The van der Waals surface area contributed by atoms with Crippen LogP contribution in [0.1, 0.15) is 0 Å². The Kier molecular flexibility index (Phi) is 2.27. The molecule has 0 aliphatic carbocycles. The Bertz CT molecular complexity index is 616. The maximum absolute atomic E-state index is 4.28. The lowest BCUT2D eigenvalue weighted by Crippen LogP contribution is -1.79. The van der Waals surface area contributed by atoms with Gasteiger partial charge in [0, 0.05) is 5.56 Å². The van der Waals surface area contributed by atoms with Gasteiger partial charge in [-0.2, -0.15) is 8.75 Å². The van der Waals surface area contributed by atoms with E-state index in [2.05, 4.69) is 29.7 Å². The minimum atomic E-state index is 0.799. The SMILES string of the molecule is Brc1nsnc1-c1cccc2ncsc12. The fourth-order valence-corrected chi connectivity index (χ4v) is 3.30. The Morgan fingerprint density at radius 2 is 2.13 bits per heavy atom. The second kappa shape index (κ2) is 3.62. The van der Waals surface area contributed by atoms with Crippen molar-refractivity contribution >= 4 is 49.2 Å². The highest BCUT2D eigenvalue weighted by Crippen LogP contribution is 2.33. The smallest absolute Gasteiger partial charge is 0.148 e. The molecule has 3 rings (SSSR count). The van der Waals surface area contributed by atoms with Crippen molar-refractivity contribution in [2.45, 2.75) is 0 Å². The van der Waals surface area contributed by atoms with Gasteiger partial charge >= 0.3 is 0 Å². The van der Waals surface area contributed by atoms with E-state index in [-0.39, 0.29) is 0 Å². The molecule has 0 amide bonds. The zero-order valence-corrected chi connectivity index (χ0v) is 10.6. The Hall–Kier alpha value is -0.850. The fourth-order valence-electron chi connectivity index (χ4n) is 1.41. The van der Waals surface area contributed by atoms with Crippen molar-refractivity contribution in [1.29, 1.82) is 0 Å². The largest absolute Gasteiger partial charge is 0.245 e. The van der Waals surface area contributed by atoms with Crippen molar-refractivity contribution in [1.82, 2.24) is 13.7 Å². The van der Waals surface area contributed by atoms with Crippen LogP contribution in [0.25, 0.3) is 21.5 Å². The standard InChI is InChI=1S/C9H4BrN3S2/c10-9-7(12-15-13-9)5-2-1-3-6-8(5)14-4-11-6/h1-4H. The lowest BCUT2D eigenvalue weighted by Gasteiger charge is -1.97. The molecular weight excluding hydrogens is 294 g/mol. The normalized spacial score (nSPS) is 11.0. The van der Waals surface area contributed by atoms with Gasteiger partial charge in [-0.3, -0.25) is 0 Å². The average molecular weight is 298 g/mol. The van der Waals surface area contributed by atoms with Crippen LogP contribution in [-0.2, 0) is 0 Å². The van der Waals surface area contributed by atoms with Crippen LogP contribution in [0.5, 0.6) is 0 Å². The van der Waals surface area contributed by atoms with E-state index >= 15 is 0 Å². The second-order valence-corrected chi connectivity index (χ2v) is 5.04. The first-order valence-electron chi connectivity index (χ1n) is 4.17. The van der Waals surface area contributed by atoms with Crippen LogP contribution in [0.3, 0.4) is 0 Å².